The lowest BCUT2D eigenvalue weighted by atomic mass is 9.91. The Kier molecular flexibility index (Phi) is 9.97. The van der Waals surface area contributed by atoms with Gasteiger partial charge in [0, 0.05) is 22.3 Å². The Morgan fingerprint density at radius 3 is 0.692 bits per heavy atom. The summed E-state index contributed by atoms with van der Waals surface area (Å²) in [6, 6.07) is 47.8. The van der Waals surface area contributed by atoms with Gasteiger partial charge in [-0.25, -0.2) is 0 Å². The molecule has 1 heterocycles. The van der Waals surface area contributed by atoms with Gasteiger partial charge in [0.25, 0.3) is 23.6 Å². The highest BCUT2D eigenvalue weighted by atomic mass is 16.2. The lowest BCUT2D eigenvalue weighted by molar-refractivity contribution is 0.0873. The maximum Gasteiger partial charge on any atom is 0.251 e. The van der Waals surface area contributed by atoms with Crippen molar-refractivity contribution in [2.45, 2.75) is 24.2 Å². The molecule has 4 bridgehead atoms. The van der Waals surface area contributed by atoms with E-state index in [-0.39, 0.29) is 22.3 Å². The van der Waals surface area contributed by atoms with Gasteiger partial charge >= 0.3 is 0 Å². The van der Waals surface area contributed by atoms with Gasteiger partial charge in [0.1, 0.15) is 0 Å². The van der Waals surface area contributed by atoms with Crippen LogP contribution in [0.3, 0.4) is 0 Å². The van der Waals surface area contributed by atoms with Crippen LogP contribution in [-0.4, -0.2) is 23.6 Å². The fourth-order valence-electron chi connectivity index (χ4n) is 6.58. The zero-order valence-corrected chi connectivity index (χ0v) is 28.1. The topological polar surface area (TPSA) is 116 Å². The van der Waals surface area contributed by atoms with Crippen LogP contribution in [-0.2, 0) is 0 Å². The molecule has 4 N–H and O–H groups in total. The van der Waals surface area contributed by atoms with Crippen molar-refractivity contribution in [2.75, 3.05) is 0 Å². The first-order chi connectivity index (χ1) is 25.4. The molecule has 0 radical (unpaired) electrons. The van der Waals surface area contributed by atoms with Crippen LogP contribution < -0.4 is 21.3 Å². The van der Waals surface area contributed by atoms with Crippen molar-refractivity contribution >= 4 is 23.6 Å². The van der Waals surface area contributed by atoms with E-state index >= 15 is 0 Å². The van der Waals surface area contributed by atoms with Gasteiger partial charge in [-0.3, -0.25) is 19.2 Å². The molecule has 6 aromatic carbocycles. The molecule has 8 nitrogen and oxygen atoms in total. The van der Waals surface area contributed by atoms with Gasteiger partial charge < -0.3 is 21.3 Å². The van der Waals surface area contributed by atoms with E-state index in [2.05, 4.69) is 21.3 Å². The molecule has 6 aromatic rings. The van der Waals surface area contributed by atoms with Crippen LogP contribution in [0.4, 0.5) is 0 Å². The molecular formula is C44H36N4O4. The number of hydrogen-bond donors (Lipinski definition) is 4. The van der Waals surface area contributed by atoms with Crippen LogP contribution >= 0.6 is 0 Å². The maximum absolute atomic E-state index is 14.1. The van der Waals surface area contributed by atoms with E-state index in [0.29, 0.717) is 0 Å². The first kappa shape index (κ1) is 33.7. The summed E-state index contributed by atoms with van der Waals surface area (Å²) in [7, 11) is 0. The Labute approximate surface area is 301 Å². The molecular weight excluding hydrogens is 649 g/mol. The smallest absolute Gasteiger partial charge is 0.251 e. The molecule has 0 saturated carbocycles. The van der Waals surface area contributed by atoms with Crippen LogP contribution in [0.15, 0.2) is 170 Å². The Morgan fingerprint density at radius 1 is 0.269 bits per heavy atom. The fraction of sp³-hybridized carbons (Fsp3) is 0.0909. The monoisotopic (exact) mass is 684 g/mol. The third-order valence-electron chi connectivity index (χ3n) is 9.22. The SMILES string of the molecule is O=C1N[C@H](c2ccccc2)[C@@H](c2ccccc2)NC(=O)c2cccc(c2)C(=O)N[C@H](c2ccccc2)[C@@H](c2ccccc2)NC(=O)c2cccc1c2. The molecule has 0 saturated heterocycles. The number of carbonyl (C=O) groups excluding carboxylic acids is 4. The highest BCUT2D eigenvalue weighted by molar-refractivity contribution is 6.01. The van der Waals surface area contributed by atoms with E-state index < -0.39 is 47.8 Å². The fourth-order valence-corrected chi connectivity index (χ4v) is 6.58. The third kappa shape index (κ3) is 7.51. The average molecular weight is 685 g/mol. The van der Waals surface area contributed by atoms with Crippen LogP contribution in [0.1, 0.15) is 87.9 Å². The largest absolute Gasteiger partial charge is 0.343 e. The number of rotatable bonds is 4. The van der Waals surface area contributed by atoms with E-state index in [1.165, 1.54) is 0 Å². The molecule has 7 rings (SSSR count). The number of fused-ring (bicyclic) bond motifs is 4. The molecule has 0 spiro atoms. The Hall–Kier alpha value is -6.80. The van der Waals surface area contributed by atoms with Crippen molar-refractivity contribution < 1.29 is 19.2 Å². The molecule has 4 amide bonds. The van der Waals surface area contributed by atoms with Crippen molar-refractivity contribution in [3.05, 3.63) is 214 Å². The summed E-state index contributed by atoms with van der Waals surface area (Å²) >= 11 is 0. The molecule has 52 heavy (non-hydrogen) atoms. The number of amides is 4. The number of carbonyl (C=O) groups is 4. The Balaban J connectivity index is 1.37. The van der Waals surface area contributed by atoms with Gasteiger partial charge in [0.15, 0.2) is 0 Å². The van der Waals surface area contributed by atoms with Crippen molar-refractivity contribution in [1.29, 1.82) is 0 Å². The molecule has 0 fully saturated rings. The van der Waals surface area contributed by atoms with Crippen molar-refractivity contribution in [3.63, 3.8) is 0 Å². The summed E-state index contributed by atoms with van der Waals surface area (Å²) in [4.78, 5) is 56.5. The van der Waals surface area contributed by atoms with Gasteiger partial charge in [-0.2, -0.15) is 0 Å². The standard InChI is InChI=1S/C44H36N4O4/c49-41-33-23-13-25-35(27-33)43(51)47-39(31-19-9-3-10-20-31)40(32-21-11-4-12-22-32)48-44(52)36-26-14-24-34(28-36)42(50)46-38(30-17-7-2-8-18-30)37(45-41)29-15-5-1-6-16-29/h1-28,37-40H,(H,45,49)(H,46,50)(H,47,51)(H,48,52)/t37-,38-,39-,40-/m1/s1. The van der Waals surface area contributed by atoms with Gasteiger partial charge in [-0.05, 0) is 58.7 Å². The predicted molar refractivity (Wildman–Crippen MR) is 199 cm³/mol. The minimum atomic E-state index is -0.711. The van der Waals surface area contributed by atoms with E-state index in [9.17, 15) is 19.2 Å². The second kappa shape index (κ2) is 15.4. The Morgan fingerprint density at radius 2 is 0.481 bits per heavy atom. The molecule has 0 unspecified atom stereocenters. The quantitative estimate of drug-likeness (QED) is 0.156. The van der Waals surface area contributed by atoms with Crippen molar-refractivity contribution in [3.8, 4) is 0 Å². The summed E-state index contributed by atoms with van der Waals surface area (Å²) in [6.45, 7) is 0. The van der Waals surface area contributed by atoms with Gasteiger partial charge in [-0.15, -0.1) is 0 Å². The molecule has 8 heteroatoms. The van der Waals surface area contributed by atoms with E-state index in [0.717, 1.165) is 22.3 Å². The molecule has 0 aromatic heterocycles. The van der Waals surface area contributed by atoms with Crippen LogP contribution in [0.2, 0.25) is 0 Å². The molecule has 1 aliphatic rings. The normalized spacial score (nSPS) is 19.5. The van der Waals surface area contributed by atoms with Crippen LogP contribution in [0.5, 0.6) is 0 Å². The zero-order chi connectivity index (χ0) is 35.9. The van der Waals surface area contributed by atoms with E-state index in [1.807, 2.05) is 121 Å². The highest BCUT2D eigenvalue weighted by Crippen LogP contribution is 2.32. The van der Waals surface area contributed by atoms with Crippen LogP contribution in [0, 0.1) is 0 Å². The summed E-state index contributed by atoms with van der Waals surface area (Å²) in [6.07, 6.45) is 0. The molecule has 4 atom stereocenters. The highest BCUT2D eigenvalue weighted by Gasteiger charge is 2.32. The summed E-state index contributed by atoms with van der Waals surface area (Å²) in [5, 5.41) is 12.6. The summed E-state index contributed by atoms with van der Waals surface area (Å²) < 4.78 is 0. The van der Waals surface area contributed by atoms with Crippen molar-refractivity contribution in [1.82, 2.24) is 21.3 Å². The maximum atomic E-state index is 14.1. The third-order valence-corrected chi connectivity index (χ3v) is 9.22. The number of nitrogens with one attached hydrogen (secondary N) is 4. The van der Waals surface area contributed by atoms with Gasteiger partial charge in [-0.1, -0.05) is 133 Å². The van der Waals surface area contributed by atoms with Gasteiger partial charge in [0.05, 0.1) is 24.2 Å². The zero-order valence-electron chi connectivity index (χ0n) is 28.1. The predicted octanol–water partition coefficient (Wildman–Crippen LogP) is 7.28. The molecule has 0 aliphatic carbocycles. The lowest BCUT2D eigenvalue weighted by Gasteiger charge is -2.31. The Bertz CT molecular complexity index is 1890. The second-order valence-corrected chi connectivity index (χ2v) is 12.6. The first-order valence-corrected chi connectivity index (χ1v) is 17.1. The average Bonchev–Trinajstić information content (AvgIpc) is 3.21. The van der Waals surface area contributed by atoms with Crippen molar-refractivity contribution in [2.24, 2.45) is 0 Å². The van der Waals surface area contributed by atoms with Gasteiger partial charge in [0.2, 0.25) is 0 Å². The first-order valence-electron chi connectivity index (χ1n) is 17.1. The number of benzene rings is 6. The van der Waals surface area contributed by atoms with E-state index in [4.69, 9.17) is 0 Å². The lowest BCUT2D eigenvalue weighted by Crippen LogP contribution is -2.42. The minimum absolute atomic E-state index is 0.268. The minimum Gasteiger partial charge on any atom is -0.343 e. The van der Waals surface area contributed by atoms with Crippen LogP contribution in [0.25, 0.3) is 0 Å². The molecule has 1 aliphatic heterocycles. The molecule has 256 valence electrons. The summed E-state index contributed by atoms with van der Waals surface area (Å²) in [5.41, 5.74) is 4.13. The number of hydrogen-bond acceptors (Lipinski definition) is 4. The second-order valence-electron chi connectivity index (χ2n) is 12.6. The van der Waals surface area contributed by atoms with E-state index in [1.54, 1.807) is 48.5 Å². The summed E-state index contributed by atoms with van der Waals surface area (Å²) in [5.74, 6) is -1.68.